The van der Waals surface area contributed by atoms with Gasteiger partial charge in [-0.25, -0.2) is 4.79 Å². The highest BCUT2D eigenvalue weighted by Crippen LogP contribution is 2.36. The summed E-state index contributed by atoms with van der Waals surface area (Å²) in [6, 6.07) is 3.49. The van der Waals surface area contributed by atoms with Gasteiger partial charge in [0.15, 0.2) is 11.5 Å². The largest absolute Gasteiger partial charge is 0.493 e. The van der Waals surface area contributed by atoms with Gasteiger partial charge in [-0.2, -0.15) is 0 Å². The minimum atomic E-state index is -0.492. The lowest BCUT2D eigenvalue weighted by atomic mass is 10.2. The number of hydrogen-bond acceptors (Lipinski definition) is 6. The summed E-state index contributed by atoms with van der Waals surface area (Å²) in [6.45, 7) is 11.9. The quantitative estimate of drug-likeness (QED) is 0.590. The molecule has 0 bridgehead atoms. The molecule has 0 saturated carbocycles. The summed E-state index contributed by atoms with van der Waals surface area (Å²) in [5, 5.41) is 3.31. The Morgan fingerprint density at radius 3 is 2.47 bits per heavy atom. The van der Waals surface area contributed by atoms with Crippen LogP contribution in [-0.2, 0) is 9.53 Å². The standard InChI is InChI=1S/C23H34ClN3O5/c1-6-31-21-18(24)15-17(16-19(21)30-5)7-8-20(28)25-9-10-26-11-13-27(14-12-26)22(29)32-23(2,3)4/h7-8,15-16H,6,9-14H2,1-5H3,(H,25,28). The van der Waals surface area contributed by atoms with Gasteiger partial charge < -0.3 is 24.4 Å². The summed E-state index contributed by atoms with van der Waals surface area (Å²) in [4.78, 5) is 28.2. The number of hydrogen-bond donors (Lipinski definition) is 1. The Hall–Kier alpha value is -2.45. The van der Waals surface area contributed by atoms with Crippen LogP contribution in [0.2, 0.25) is 5.02 Å². The van der Waals surface area contributed by atoms with Crippen LogP contribution in [0.4, 0.5) is 4.79 Å². The molecule has 2 rings (SSSR count). The van der Waals surface area contributed by atoms with Crippen LogP contribution in [0.3, 0.4) is 0 Å². The number of amides is 2. The Kier molecular flexibility index (Phi) is 9.65. The van der Waals surface area contributed by atoms with Crippen LogP contribution in [0.1, 0.15) is 33.3 Å². The Balaban J connectivity index is 1.76. The molecule has 32 heavy (non-hydrogen) atoms. The number of piperazine rings is 1. The first kappa shape index (κ1) is 25.8. The van der Waals surface area contributed by atoms with Crippen molar-refractivity contribution >= 4 is 29.7 Å². The number of nitrogens with zero attached hydrogens (tertiary/aromatic N) is 2. The van der Waals surface area contributed by atoms with Crippen molar-refractivity contribution in [3.63, 3.8) is 0 Å². The van der Waals surface area contributed by atoms with Crippen molar-refractivity contribution in [2.24, 2.45) is 0 Å². The van der Waals surface area contributed by atoms with E-state index in [0.29, 0.717) is 49.3 Å². The summed E-state index contributed by atoms with van der Waals surface area (Å²) in [7, 11) is 1.54. The van der Waals surface area contributed by atoms with E-state index in [-0.39, 0.29) is 12.0 Å². The summed E-state index contributed by atoms with van der Waals surface area (Å²) in [5.74, 6) is 0.816. The van der Waals surface area contributed by atoms with E-state index in [9.17, 15) is 9.59 Å². The Morgan fingerprint density at radius 2 is 1.88 bits per heavy atom. The van der Waals surface area contributed by atoms with Crippen molar-refractivity contribution in [2.45, 2.75) is 33.3 Å². The zero-order valence-electron chi connectivity index (χ0n) is 19.6. The predicted octanol–water partition coefficient (Wildman–Crippen LogP) is 3.43. The lowest BCUT2D eigenvalue weighted by molar-refractivity contribution is -0.116. The van der Waals surface area contributed by atoms with Gasteiger partial charge in [0, 0.05) is 45.3 Å². The van der Waals surface area contributed by atoms with Gasteiger partial charge in [0.05, 0.1) is 18.7 Å². The minimum absolute atomic E-state index is 0.193. The van der Waals surface area contributed by atoms with Crippen LogP contribution in [0, 0.1) is 0 Å². The summed E-state index contributed by atoms with van der Waals surface area (Å²) < 4.78 is 16.2. The van der Waals surface area contributed by atoms with E-state index in [2.05, 4.69) is 10.2 Å². The molecular weight excluding hydrogens is 434 g/mol. The van der Waals surface area contributed by atoms with Gasteiger partial charge in [-0.05, 0) is 51.5 Å². The molecule has 1 fully saturated rings. The van der Waals surface area contributed by atoms with E-state index in [1.54, 1.807) is 30.2 Å². The van der Waals surface area contributed by atoms with E-state index in [1.807, 2.05) is 27.7 Å². The zero-order valence-corrected chi connectivity index (χ0v) is 20.3. The molecule has 0 radical (unpaired) electrons. The maximum atomic E-state index is 12.2. The van der Waals surface area contributed by atoms with Crippen molar-refractivity contribution in [1.82, 2.24) is 15.1 Å². The molecule has 1 saturated heterocycles. The first-order chi connectivity index (χ1) is 15.1. The first-order valence-electron chi connectivity index (χ1n) is 10.8. The van der Waals surface area contributed by atoms with Crippen LogP contribution in [0.25, 0.3) is 6.08 Å². The molecule has 0 spiro atoms. The van der Waals surface area contributed by atoms with Crippen molar-refractivity contribution in [3.05, 3.63) is 28.8 Å². The number of halogens is 1. The van der Waals surface area contributed by atoms with Gasteiger partial charge >= 0.3 is 6.09 Å². The third-order valence-electron chi connectivity index (χ3n) is 4.72. The maximum Gasteiger partial charge on any atom is 0.410 e. The molecule has 0 aliphatic carbocycles. The van der Waals surface area contributed by atoms with Crippen LogP contribution in [0.5, 0.6) is 11.5 Å². The molecule has 1 heterocycles. The number of rotatable bonds is 8. The zero-order chi connectivity index (χ0) is 23.7. The summed E-state index contributed by atoms with van der Waals surface area (Å²) >= 11 is 6.26. The lowest BCUT2D eigenvalue weighted by Gasteiger charge is -2.35. The number of carbonyl (C=O) groups is 2. The molecule has 1 N–H and O–H groups in total. The second kappa shape index (κ2) is 12.0. The fourth-order valence-corrected chi connectivity index (χ4v) is 3.44. The molecular formula is C23H34ClN3O5. The average molecular weight is 468 g/mol. The molecule has 8 nitrogen and oxygen atoms in total. The third kappa shape index (κ3) is 8.24. The van der Waals surface area contributed by atoms with Crippen molar-refractivity contribution in [3.8, 4) is 11.5 Å². The molecule has 178 valence electrons. The highest BCUT2D eigenvalue weighted by molar-refractivity contribution is 6.32. The van der Waals surface area contributed by atoms with Crippen molar-refractivity contribution in [2.75, 3.05) is 53.0 Å². The van der Waals surface area contributed by atoms with E-state index in [1.165, 1.54) is 6.08 Å². The topological polar surface area (TPSA) is 80.3 Å². The number of methoxy groups -OCH3 is 1. The van der Waals surface area contributed by atoms with Crippen molar-refractivity contribution in [1.29, 1.82) is 0 Å². The number of nitrogens with one attached hydrogen (secondary N) is 1. The minimum Gasteiger partial charge on any atom is -0.493 e. The molecule has 0 aromatic heterocycles. The maximum absolute atomic E-state index is 12.2. The average Bonchev–Trinajstić information content (AvgIpc) is 2.73. The highest BCUT2D eigenvalue weighted by Gasteiger charge is 2.25. The number of ether oxygens (including phenoxy) is 3. The fraction of sp³-hybridized carbons (Fsp3) is 0.565. The lowest BCUT2D eigenvalue weighted by Crippen LogP contribution is -2.51. The number of benzene rings is 1. The van der Waals surface area contributed by atoms with Crippen LogP contribution >= 0.6 is 11.6 Å². The Morgan fingerprint density at radius 1 is 1.19 bits per heavy atom. The fourth-order valence-electron chi connectivity index (χ4n) is 3.17. The van der Waals surface area contributed by atoms with Gasteiger partial charge in [0.25, 0.3) is 0 Å². The normalized spacial score (nSPS) is 15.0. The van der Waals surface area contributed by atoms with Gasteiger partial charge in [-0.15, -0.1) is 0 Å². The molecule has 1 aliphatic rings. The van der Waals surface area contributed by atoms with Gasteiger partial charge in [-0.3, -0.25) is 9.69 Å². The number of carbonyl (C=O) groups excluding carboxylic acids is 2. The van der Waals surface area contributed by atoms with Gasteiger partial charge in [0.2, 0.25) is 5.91 Å². The molecule has 2 amide bonds. The molecule has 1 aliphatic heterocycles. The van der Waals surface area contributed by atoms with Crippen molar-refractivity contribution < 1.29 is 23.8 Å². The third-order valence-corrected chi connectivity index (χ3v) is 5.00. The second-order valence-electron chi connectivity index (χ2n) is 8.40. The Labute approximate surface area is 195 Å². The monoisotopic (exact) mass is 467 g/mol. The van der Waals surface area contributed by atoms with Crippen LogP contribution in [0.15, 0.2) is 18.2 Å². The van der Waals surface area contributed by atoms with E-state index < -0.39 is 5.60 Å². The molecule has 1 aromatic carbocycles. The smallest absolute Gasteiger partial charge is 0.410 e. The summed E-state index contributed by atoms with van der Waals surface area (Å²) in [6.07, 6.45) is 2.87. The molecule has 9 heteroatoms. The van der Waals surface area contributed by atoms with Gasteiger partial charge in [0.1, 0.15) is 5.60 Å². The molecule has 1 aromatic rings. The SMILES string of the molecule is CCOc1c(Cl)cc(C=CC(=O)NCCN2CCN(C(=O)OC(C)(C)C)CC2)cc1OC. The second-order valence-corrected chi connectivity index (χ2v) is 8.81. The highest BCUT2D eigenvalue weighted by atomic mass is 35.5. The van der Waals surface area contributed by atoms with E-state index in [0.717, 1.165) is 18.7 Å². The van der Waals surface area contributed by atoms with E-state index in [4.69, 9.17) is 25.8 Å². The van der Waals surface area contributed by atoms with Gasteiger partial charge in [-0.1, -0.05) is 11.6 Å². The first-order valence-corrected chi connectivity index (χ1v) is 11.2. The Bertz CT molecular complexity index is 815. The summed E-state index contributed by atoms with van der Waals surface area (Å²) in [5.41, 5.74) is 0.247. The molecule has 0 atom stereocenters. The predicted molar refractivity (Wildman–Crippen MR) is 125 cm³/mol. The molecule has 0 unspecified atom stereocenters. The van der Waals surface area contributed by atoms with E-state index >= 15 is 0 Å². The van der Waals surface area contributed by atoms with Crippen LogP contribution in [-0.4, -0.2) is 80.4 Å². The van der Waals surface area contributed by atoms with Crippen LogP contribution < -0.4 is 14.8 Å².